The second kappa shape index (κ2) is 8.96. The van der Waals surface area contributed by atoms with Gasteiger partial charge in [0.25, 0.3) is 5.91 Å². The number of aromatic nitrogens is 2. The van der Waals surface area contributed by atoms with Gasteiger partial charge in [0.2, 0.25) is 0 Å². The van der Waals surface area contributed by atoms with E-state index in [9.17, 15) is 4.79 Å². The highest BCUT2D eigenvalue weighted by Crippen LogP contribution is 2.11. The molecular formula is C20H29N5O. The van der Waals surface area contributed by atoms with Crippen LogP contribution in [0.4, 0.5) is 0 Å². The van der Waals surface area contributed by atoms with E-state index in [1.54, 1.807) is 6.20 Å². The third-order valence-corrected chi connectivity index (χ3v) is 5.03. The summed E-state index contributed by atoms with van der Waals surface area (Å²) in [4.78, 5) is 19.5. The van der Waals surface area contributed by atoms with Crippen molar-refractivity contribution in [1.29, 1.82) is 0 Å². The summed E-state index contributed by atoms with van der Waals surface area (Å²) in [5, 5.41) is 4.20. The highest BCUT2D eigenvalue weighted by molar-refractivity contribution is 5.94. The lowest BCUT2D eigenvalue weighted by molar-refractivity contribution is 0.0757. The Balaban J connectivity index is 1.55. The fraction of sp³-hybridized carbons (Fsp3) is 0.500. The summed E-state index contributed by atoms with van der Waals surface area (Å²) >= 11 is 0. The number of amides is 1. The Morgan fingerprint density at radius 1 is 1.15 bits per heavy atom. The Bertz CT molecular complexity index is 675. The molecule has 6 heteroatoms. The normalized spacial score (nSPS) is 15.9. The lowest BCUT2D eigenvalue weighted by Crippen LogP contribution is -2.43. The van der Waals surface area contributed by atoms with Gasteiger partial charge in [0.05, 0.1) is 6.54 Å². The number of benzene rings is 1. The fourth-order valence-corrected chi connectivity index (χ4v) is 3.26. The highest BCUT2D eigenvalue weighted by atomic mass is 16.2. The van der Waals surface area contributed by atoms with E-state index in [2.05, 4.69) is 34.1 Å². The predicted molar refractivity (Wildman–Crippen MR) is 103 cm³/mol. The molecule has 3 rings (SSSR count). The van der Waals surface area contributed by atoms with Crippen LogP contribution < -0.4 is 0 Å². The molecule has 1 saturated heterocycles. The van der Waals surface area contributed by atoms with Gasteiger partial charge in [0.1, 0.15) is 0 Å². The summed E-state index contributed by atoms with van der Waals surface area (Å²) in [6.07, 6.45) is 3.68. The van der Waals surface area contributed by atoms with E-state index in [0.717, 1.165) is 38.3 Å². The minimum absolute atomic E-state index is 0.0887. The first-order valence-electron chi connectivity index (χ1n) is 9.42. The van der Waals surface area contributed by atoms with E-state index in [1.165, 1.54) is 5.56 Å². The number of hydrogen-bond donors (Lipinski definition) is 0. The molecular weight excluding hydrogens is 326 g/mol. The van der Waals surface area contributed by atoms with Crippen molar-refractivity contribution in [1.82, 2.24) is 24.5 Å². The van der Waals surface area contributed by atoms with Gasteiger partial charge in [-0.1, -0.05) is 12.1 Å². The van der Waals surface area contributed by atoms with Crippen molar-refractivity contribution in [2.24, 2.45) is 0 Å². The number of nitrogens with zero attached hydrogens (tertiary/aromatic N) is 5. The fourth-order valence-electron chi connectivity index (χ4n) is 3.26. The van der Waals surface area contributed by atoms with Crippen LogP contribution in [0.1, 0.15) is 22.8 Å². The average Bonchev–Trinajstić information content (AvgIpc) is 3.18. The molecule has 0 radical (unpaired) electrons. The summed E-state index contributed by atoms with van der Waals surface area (Å²) in [6.45, 7) is 9.51. The first kappa shape index (κ1) is 18.6. The topological polar surface area (TPSA) is 44.6 Å². The number of carbonyl (C=O) groups is 1. The molecule has 6 nitrogen and oxygen atoms in total. The quantitative estimate of drug-likeness (QED) is 0.760. The summed E-state index contributed by atoms with van der Waals surface area (Å²) < 4.78 is 1.86. The predicted octanol–water partition coefficient (Wildman–Crippen LogP) is 1.79. The lowest BCUT2D eigenvalue weighted by Gasteiger charge is -2.32. The summed E-state index contributed by atoms with van der Waals surface area (Å²) in [7, 11) is 2.17. The first-order chi connectivity index (χ1) is 12.7. The number of piperazine rings is 1. The lowest BCUT2D eigenvalue weighted by atomic mass is 10.1. The zero-order chi connectivity index (χ0) is 18.4. The molecule has 1 fully saturated rings. The van der Waals surface area contributed by atoms with Crippen molar-refractivity contribution >= 4 is 5.91 Å². The molecule has 2 aromatic rings. The third-order valence-electron chi connectivity index (χ3n) is 5.03. The van der Waals surface area contributed by atoms with Gasteiger partial charge in [-0.25, -0.2) is 0 Å². The van der Waals surface area contributed by atoms with Crippen LogP contribution in [0.25, 0.3) is 0 Å². The number of carbonyl (C=O) groups excluding carboxylic acids is 1. The molecule has 1 aromatic carbocycles. The Hall–Kier alpha value is -2.18. The van der Waals surface area contributed by atoms with Crippen LogP contribution in [0, 0.1) is 0 Å². The Labute approximate surface area is 156 Å². The van der Waals surface area contributed by atoms with Crippen molar-refractivity contribution < 1.29 is 4.79 Å². The number of likely N-dealkylation sites (N-methyl/N-ethyl adjacent to an activating group) is 2. The highest BCUT2D eigenvalue weighted by Gasteiger charge is 2.16. The molecule has 0 unspecified atom stereocenters. The molecule has 1 aliphatic heterocycles. The van der Waals surface area contributed by atoms with Gasteiger partial charge in [0.15, 0.2) is 0 Å². The molecule has 0 spiro atoms. The van der Waals surface area contributed by atoms with Crippen molar-refractivity contribution in [3.63, 3.8) is 0 Å². The van der Waals surface area contributed by atoms with Crippen LogP contribution in [-0.2, 0) is 13.1 Å². The Morgan fingerprint density at radius 3 is 2.50 bits per heavy atom. The second-order valence-electron chi connectivity index (χ2n) is 6.93. The molecule has 1 aromatic heterocycles. The summed E-state index contributed by atoms with van der Waals surface area (Å²) in [6, 6.07) is 10.0. The number of rotatable bonds is 7. The zero-order valence-corrected chi connectivity index (χ0v) is 15.8. The Morgan fingerprint density at radius 2 is 1.88 bits per heavy atom. The van der Waals surface area contributed by atoms with E-state index in [1.807, 2.05) is 40.9 Å². The monoisotopic (exact) mass is 355 g/mol. The van der Waals surface area contributed by atoms with Crippen LogP contribution in [-0.4, -0.2) is 76.7 Å². The van der Waals surface area contributed by atoms with Gasteiger partial charge >= 0.3 is 0 Å². The molecule has 1 amide bonds. The SMILES string of the molecule is CCN(CCn1cccn1)C(=O)c1ccc(CN2CCN(C)CC2)cc1. The molecule has 26 heavy (non-hydrogen) atoms. The molecule has 0 aliphatic carbocycles. The molecule has 0 bridgehead atoms. The minimum Gasteiger partial charge on any atom is -0.337 e. The number of hydrogen-bond acceptors (Lipinski definition) is 4. The molecule has 140 valence electrons. The van der Waals surface area contributed by atoms with Crippen molar-refractivity contribution in [2.75, 3.05) is 46.3 Å². The zero-order valence-electron chi connectivity index (χ0n) is 15.8. The molecule has 1 aliphatic rings. The van der Waals surface area contributed by atoms with Crippen molar-refractivity contribution in [2.45, 2.75) is 20.0 Å². The van der Waals surface area contributed by atoms with E-state index in [4.69, 9.17) is 0 Å². The largest absolute Gasteiger partial charge is 0.337 e. The van der Waals surface area contributed by atoms with Crippen LogP contribution >= 0.6 is 0 Å². The summed E-state index contributed by atoms with van der Waals surface area (Å²) in [5.41, 5.74) is 2.03. The van der Waals surface area contributed by atoms with Gasteiger partial charge in [-0.05, 0) is 37.7 Å². The van der Waals surface area contributed by atoms with E-state index >= 15 is 0 Å². The standard InChI is InChI=1S/C20H29N5O/c1-3-24(15-16-25-10-4-9-21-25)20(26)19-7-5-18(6-8-19)17-23-13-11-22(2)12-14-23/h4-10H,3,11-17H2,1-2H3. The van der Waals surface area contributed by atoms with Crippen molar-refractivity contribution in [3.05, 3.63) is 53.9 Å². The first-order valence-corrected chi connectivity index (χ1v) is 9.42. The van der Waals surface area contributed by atoms with Crippen molar-refractivity contribution in [3.8, 4) is 0 Å². The van der Waals surface area contributed by atoms with E-state index in [0.29, 0.717) is 19.6 Å². The molecule has 0 N–H and O–H groups in total. The molecule has 2 heterocycles. The van der Waals surface area contributed by atoms with Gasteiger partial charge in [-0.2, -0.15) is 5.10 Å². The maximum atomic E-state index is 12.8. The van der Waals surface area contributed by atoms with Gasteiger partial charge in [0, 0.05) is 63.8 Å². The van der Waals surface area contributed by atoms with E-state index < -0.39 is 0 Å². The molecule has 0 atom stereocenters. The minimum atomic E-state index is 0.0887. The van der Waals surface area contributed by atoms with Crippen LogP contribution in [0.2, 0.25) is 0 Å². The second-order valence-corrected chi connectivity index (χ2v) is 6.93. The average molecular weight is 355 g/mol. The molecule has 0 saturated carbocycles. The summed E-state index contributed by atoms with van der Waals surface area (Å²) in [5.74, 6) is 0.0887. The van der Waals surface area contributed by atoms with E-state index in [-0.39, 0.29) is 5.91 Å². The maximum absolute atomic E-state index is 12.8. The smallest absolute Gasteiger partial charge is 0.253 e. The van der Waals surface area contributed by atoms with Crippen LogP contribution in [0.15, 0.2) is 42.7 Å². The van der Waals surface area contributed by atoms with Crippen LogP contribution in [0.3, 0.4) is 0 Å². The Kier molecular flexibility index (Phi) is 6.41. The van der Waals surface area contributed by atoms with Gasteiger partial charge in [-0.3, -0.25) is 14.4 Å². The maximum Gasteiger partial charge on any atom is 0.253 e. The van der Waals surface area contributed by atoms with Crippen LogP contribution in [0.5, 0.6) is 0 Å². The van der Waals surface area contributed by atoms with Gasteiger partial charge < -0.3 is 9.80 Å². The third kappa shape index (κ3) is 4.93. The van der Waals surface area contributed by atoms with Gasteiger partial charge in [-0.15, -0.1) is 0 Å².